The summed E-state index contributed by atoms with van der Waals surface area (Å²) in [6.45, 7) is 3.23. The molecule has 5 nitrogen and oxygen atoms in total. The average Bonchev–Trinajstić information content (AvgIpc) is 2.76. The summed E-state index contributed by atoms with van der Waals surface area (Å²) < 4.78 is 11.7. The smallest absolute Gasteiger partial charge is 0.410 e. The molecule has 1 unspecified atom stereocenters. The highest BCUT2D eigenvalue weighted by atomic mass is 16.6. The van der Waals surface area contributed by atoms with Gasteiger partial charge in [0.05, 0.1) is 12.0 Å². The van der Waals surface area contributed by atoms with Gasteiger partial charge in [0.25, 0.3) is 0 Å². The monoisotopic (exact) mass is 425 g/mol. The molecule has 5 heteroatoms. The Labute approximate surface area is 185 Å². The maximum Gasteiger partial charge on any atom is 0.410 e. The van der Waals surface area contributed by atoms with Gasteiger partial charge in [-0.3, -0.25) is 4.79 Å². The number of benzene rings is 1. The summed E-state index contributed by atoms with van der Waals surface area (Å²) in [7, 11) is 0. The van der Waals surface area contributed by atoms with E-state index >= 15 is 0 Å². The molecule has 0 radical (unpaired) electrons. The van der Waals surface area contributed by atoms with Crippen LogP contribution in [0.25, 0.3) is 0 Å². The summed E-state index contributed by atoms with van der Waals surface area (Å²) in [6, 6.07) is 10.1. The number of hydrogen-bond acceptors (Lipinski definition) is 4. The maximum absolute atomic E-state index is 13.3. The Morgan fingerprint density at radius 1 is 1.03 bits per heavy atom. The lowest BCUT2D eigenvalue weighted by Crippen LogP contribution is -2.54. The third kappa shape index (κ3) is 4.08. The molecule has 1 aromatic rings. The minimum absolute atomic E-state index is 0.0772. The largest absolute Gasteiger partial charge is 0.466 e. The first-order chi connectivity index (χ1) is 15.1. The number of ether oxygens (including phenoxy) is 2. The van der Waals surface area contributed by atoms with Gasteiger partial charge in [0.1, 0.15) is 6.10 Å². The van der Waals surface area contributed by atoms with Crippen LogP contribution in [0.1, 0.15) is 57.4 Å². The second-order valence-electron chi connectivity index (χ2n) is 10.5. The van der Waals surface area contributed by atoms with Gasteiger partial charge in [-0.2, -0.15) is 0 Å². The number of likely N-dealkylation sites (tertiary alicyclic amines) is 1. The lowest BCUT2D eigenvalue weighted by Gasteiger charge is -2.53. The van der Waals surface area contributed by atoms with E-state index in [-0.39, 0.29) is 18.2 Å². The van der Waals surface area contributed by atoms with Gasteiger partial charge >= 0.3 is 12.1 Å². The Balaban J connectivity index is 1.30. The summed E-state index contributed by atoms with van der Waals surface area (Å²) in [4.78, 5) is 28.1. The van der Waals surface area contributed by atoms with Crippen LogP contribution < -0.4 is 0 Å². The Bertz CT molecular complexity index is 781. The van der Waals surface area contributed by atoms with E-state index in [1.165, 1.54) is 32.1 Å². The fourth-order valence-electron chi connectivity index (χ4n) is 7.20. The van der Waals surface area contributed by atoms with Gasteiger partial charge in [0.15, 0.2) is 0 Å². The van der Waals surface area contributed by atoms with Gasteiger partial charge in [0, 0.05) is 13.1 Å². The number of carbonyl (C=O) groups is 2. The van der Waals surface area contributed by atoms with Crippen molar-refractivity contribution in [2.75, 3.05) is 19.7 Å². The van der Waals surface area contributed by atoms with Crippen molar-refractivity contribution >= 4 is 12.1 Å². The molecule has 5 fully saturated rings. The molecule has 1 atom stereocenters. The van der Waals surface area contributed by atoms with Gasteiger partial charge in [0.2, 0.25) is 0 Å². The highest BCUT2D eigenvalue weighted by Crippen LogP contribution is 2.54. The number of amides is 1. The summed E-state index contributed by atoms with van der Waals surface area (Å²) in [5.41, 5.74) is 0.408. The molecule has 0 spiro atoms. The first-order valence-corrected chi connectivity index (χ1v) is 12.2. The van der Waals surface area contributed by atoms with Crippen LogP contribution in [0.3, 0.4) is 0 Å². The van der Waals surface area contributed by atoms with Crippen LogP contribution in [0.2, 0.25) is 0 Å². The summed E-state index contributed by atoms with van der Waals surface area (Å²) in [5, 5.41) is 0. The number of hydrogen-bond donors (Lipinski definition) is 0. The predicted molar refractivity (Wildman–Crippen MR) is 117 cm³/mol. The Kier molecular flexibility index (Phi) is 5.70. The molecule has 4 aliphatic carbocycles. The average molecular weight is 426 g/mol. The fraction of sp³-hybridized carbons (Fsp3) is 0.692. The molecule has 6 rings (SSSR count). The third-order valence-corrected chi connectivity index (χ3v) is 8.31. The third-order valence-electron chi connectivity index (χ3n) is 8.31. The van der Waals surface area contributed by atoms with E-state index in [0.29, 0.717) is 38.0 Å². The van der Waals surface area contributed by atoms with E-state index in [9.17, 15) is 9.59 Å². The summed E-state index contributed by atoms with van der Waals surface area (Å²) in [5.74, 6) is 2.61. The van der Waals surface area contributed by atoms with Gasteiger partial charge in [-0.25, -0.2) is 4.79 Å². The van der Waals surface area contributed by atoms with E-state index in [2.05, 4.69) is 0 Å². The fourth-order valence-corrected chi connectivity index (χ4v) is 7.20. The Hall–Kier alpha value is -2.04. The molecule has 1 saturated heterocycles. The van der Waals surface area contributed by atoms with Gasteiger partial charge in [-0.1, -0.05) is 30.3 Å². The second-order valence-corrected chi connectivity index (χ2v) is 10.5. The van der Waals surface area contributed by atoms with Crippen molar-refractivity contribution in [3.63, 3.8) is 0 Å². The summed E-state index contributed by atoms with van der Waals surface area (Å²) in [6.07, 6.45) is 8.28. The number of piperidine rings is 1. The molecular formula is C26H35NO4. The van der Waals surface area contributed by atoms with Crippen molar-refractivity contribution in [2.24, 2.45) is 29.1 Å². The molecule has 1 heterocycles. The molecule has 5 aliphatic rings. The molecule has 1 aliphatic heterocycles. The quantitative estimate of drug-likeness (QED) is 0.634. The molecule has 1 aromatic carbocycles. The van der Waals surface area contributed by atoms with Crippen LogP contribution in [0.15, 0.2) is 30.3 Å². The van der Waals surface area contributed by atoms with Gasteiger partial charge in [-0.15, -0.1) is 0 Å². The molecule has 4 saturated carbocycles. The van der Waals surface area contributed by atoms with Crippen molar-refractivity contribution in [3.05, 3.63) is 35.9 Å². The minimum atomic E-state index is -0.696. The number of carbonyl (C=O) groups excluding carboxylic acids is 2. The van der Waals surface area contributed by atoms with Crippen molar-refractivity contribution in [1.29, 1.82) is 0 Å². The van der Waals surface area contributed by atoms with Crippen LogP contribution in [-0.2, 0) is 20.7 Å². The molecule has 0 aromatic heterocycles. The van der Waals surface area contributed by atoms with E-state index < -0.39 is 5.41 Å². The Morgan fingerprint density at radius 2 is 1.71 bits per heavy atom. The number of rotatable bonds is 5. The van der Waals surface area contributed by atoms with Crippen molar-refractivity contribution in [1.82, 2.24) is 4.90 Å². The molecule has 31 heavy (non-hydrogen) atoms. The van der Waals surface area contributed by atoms with E-state index in [1.807, 2.05) is 37.3 Å². The standard InChI is InChI=1S/C26H35NO4/c1-2-30-24(28)26(16-18-7-4-3-5-8-18)9-6-10-27(17-26)25(29)31-23-21-12-19-11-20(14-21)15-22(23)13-19/h3-5,7-8,19-23H,2,6,9-17H2,1H3. The Morgan fingerprint density at radius 3 is 2.35 bits per heavy atom. The molecule has 168 valence electrons. The maximum atomic E-state index is 13.3. The van der Waals surface area contributed by atoms with Crippen molar-refractivity contribution < 1.29 is 19.1 Å². The number of nitrogens with zero attached hydrogens (tertiary/aromatic N) is 1. The number of esters is 1. The zero-order valence-electron chi connectivity index (χ0n) is 18.6. The van der Waals surface area contributed by atoms with Crippen LogP contribution in [0, 0.1) is 29.1 Å². The summed E-state index contributed by atoms with van der Waals surface area (Å²) >= 11 is 0. The molecule has 1 amide bonds. The van der Waals surface area contributed by atoms with Crippen molar-refractivity contribution in [3.8, 4) is 0 Å². The minimum Gasteiger partial charge on any atom is -0.466 e. The molecular weight excluding hydrogens is 390 g/mol. The normalized spacial score (nSPS) is 36.3. The first-order valence-electron chi connectivity index (χ1n) is 12.2. The molecule has 4 bridgehead atoms. The van der Waals surface area contributed by atoms with Crippen LogP contribution in [0.4, 0.5) is 4.79 Å². The SMILES string of the molecule is CCOC(=O)C1(Cc2ccccc2)CCCN(C(=O)OC2C3CC4CC(C3)CC2C4)C1. The van der Waals surface area contributed by atoms with E-state index in [0.717, 1.165) is 30.2 Å². The zero-order chi connectivity index (χ0) is 21.4. The van der Waals surface area contributed by atoms with Crippen LogP contribution >= 0.6 is 0 Å². The van der Waals surface area contributed by atoms with Crippen LogP contribution in [0.5, 0.6) is 0 Å². The molecule has 0 N–H and O–H groups in total. The highest BCUT2D eigenvalue weighted by Gasteiger charge is 2.51. The van der Waals surface area contributed by atoms with Crippen molar-refractivity contribution in [2.45, 2.75) is 64.4 Å². The van der Waals surface area contributed by atoms with E-state index in [1.54, 1.807) is 4.90 Å². The van der Waals surface area contributed by atoms with E-state index in [4.69, 9.17) is 9.47 Å². The highest BCUT2D eigenvalue weighted by molar-refractivity contribution is 5.79. The topological polar surface area (TPSA) is 55.8 Å². The second kappa shape index (κ2) is 8.48. The predicted octanol–water partition coefficient (Wildman–Crippen LogP) is 4.84. The zero-order valence-corrected chi connectivity index (χ0v) is 18.6. The van der Waals surface area contributed by atoms with Crippen LogP contribution in [-0.4, -0.2) is 42.8 Å². The van der Waals surface area contributed by atoms with Gasteiger partial charge < -0.3 is 14.4 Å². The lowest BCUT2D eigenvalue weighted by atomic mass is 9.55. The first kappa shape index (κ1) is 20.8. The lowest BCUT2D eigenvalue weighted by molar-refractivity contribution is -0.159. The van der Waals surface area contributed by atoms with Gasteiger partial charge in [-0.05, 0) is 87.5 Å².